The summed E-state index contributed by atoms with van der Waals surface area (Å²) >= 11 is 11.2. The highest BCUT2D eigenvalue weighted by Crippen LogP contribution is 2.34. The molecule has 2 aromatic carbocycles. The van der Waals surface area contributed by atoms with Crippen molar-refractivity contribution in [1.29, 1.82) is 0 Å². The van der Waals surface area contributed by atoms with E-state index in [4.69, 9.17) is 33.0 Å². The summed E-state index contributed by atoms with van der Waals surface area (Å²) in [5.41, 5.74) is -2.45. The fourth-order valence-electron chi connectivity index (χ4n) is 1.79. The molecule has 1 N–H and O–H groups in total. The number of hydrogen-bond donors (Lipinski definition) is 1. The lowest BCUT2D eigenvalue weighted by atomic mass is 10.1. The van der Waals surface area contributed by atoms with Gasteiger partial charge in [0.15, 0.2) is 0 Å². The molecular formula is C15H6Cl2F4O4. The van der Waals surface area contributed by atoms with Gasteiger partial charge in [-0.3, -0.25) is 0 Å². The number of esters is 1. The molecule has 0 aliphatic carbocycles. The first-order valence-corrected chi connectivity index (χ1v) is 7.07. The Labute approximate surface area is 147 Å². The summed E-state index contributed by atoms with van der Waals surface area (Å²) in [6.45, 7) is 0. The Kier molecular flexibility index (Phi) is 5.24. The Morgan fingerprint density at radius 2 is 1.64 bits per heavy atom. The maximum absolute atomic E-state index is 13.4. The number of hydrogen-bond acceptors (Lipinski definition) is 3. The highest BCUT2D eigenvalue weighted by atomic mass is 35.5. The fraction of sp³-hybridized carbons (Fsp3) is 0.0667. The molecule has 0 unspecified atom stereocenters. The van der Waals surface area contributed by atoms with E-state index in [1.807, 2.05) is 0 Å². The lowest BCUT2D eigenvalue weighted by molar-refractivity contribution is -0.137. The predicted molar refractivity (Wildman–Crippen MR) is 79.8 cm³/mol. The van der Waals surface area contributed by atoms with Crippen molar-refractivity contribution in [2.75, 3.05) is 0 Å². The second-order valence-corrected chi connectivity index (χ2v) is 5.46. The van der Waals surface area contributed by atoms with Crippen LogP contribution in [-0.2, 0) is 6.18 Å². The number of carbonyl (C=O) groups excluding carboxylic acids is 1. The Morgan fingerprint density at radius 3 is 2.20 bits per heavy atom. The van der Waals surface area contributed by atoms with Crippen LogP contribution in [-0.4, -0.2) is 17.0 Å². The molecule has 0 heterocycles. The van der Waals surface area contributed by atoms with Gasteiger partial charge >= 0.3 is 18.1 Å². The standard InChI is InChI=1S/C15H6Cl2F4O4/c16-9-5-10(17)11(18)4-8(9)14(24)25-12-3-6(15(19,20)21)1-2-7(12)13(22)23/h1-5H,(H,22,23). The van der Waals surface area contributed by atoms with Crippen molar-refractivity contribution >= 4 is 35.1 Å². The minimum atomic E-state index is -4.79. The number of carboxylic acids is 1. The smallest absolute Gasteiger partial charge is 0.416 e. The molecule has 0 fully saturated rings. The minimum Gasteiger partial charge on any atom is -0.478 e. The van der Waals surface area contributed by atoms with Crippen LogP contribution < -0.4 is 4.74 Å². The minimum absolute atomic E-state index is 0.319. The zero-order valence-electron chi connectivity index (χ0n) is 11.8. The number of benzene rings is 2. The van der Waals surface area contributed by atoms with Gasteiger partial charge in [0.2, 0.25) is 0 Å². The maximum atomic E-state index is 13.4. The monoisotopic (exact) mass is 396 g/mol. The van der Waals surface area contributed by atoms with E-state index < -0.39 is 46.4 Å². The SMILES string of the molecule is O=C(Oc1cc(C(F)(F)F)ccc1C(=O)O)c1cc(F)c(Cl)cc1Cl. The molecule has 0 aliphatic heterocycles. The Morgan fingerprint density at radius 1 is 1.00 bits per heavy atom. The zero-order valence-corrected chi connectivity index (χ0v) is 13.3. The van der Waals surface area contributed by atoms with Crippen LogP contribution in [0, 0.1) is 5.82 Å². The van der Waals surface area contributed by atoms with Gasteiger partial charge in [0.05, 0.1) is 21.2 Å². The van der Waals surface area contributed by atoms with Crippen molar-refractivity contribution < 1.29 is 37.0 Å². The summed E-state index contributed by atoms with van der Waals surface area (Å²) in [7, 11) is 0. The molecular weight excluding hydrogens is 391 g/mol. The van der Waals surface area contributed by atoms with Gasteiger partial charge < -0.3 is 9.84 Å². The van der Waals surface area contributed by atoms with Gasteiger partial charge in [-0.15, -0.1) is 0 Å². The van der Waals surface area contributed by atoms with Gasteiger partial charge in [-0.25, -0.2) is 14.0 Å². The van der Waals surface area contributed by atoms with Gasteiger partial charge in [-0.05, 0) is 30.3 Å². The first-order valence-electron chi connectivity index (χ1n) is 6.32. The third-order valence-electron chi connectivity index (χ3n) is 2.97. The first-order chi connectivity index (χ1) is 11.5. The highest BCUT2D eigenvalue weighted by Gasteiger charge is 2.32. The van der Waals surface area contributed by atoms with Crippen molar-refractivity contribution in [2.45, 2.75) is 6.18 Å². The van der Waals surface area contributed by atoms with E-state index in [1.54, 1.807) is 0 Å². The Balaban J connectivity index is 2.46. The molecule has 10 heteroatoms. The number of ether oxygens (including phenoxy) is 1. The van der Waals surface area contributed by atoms with E-state index in [-0.39, 0.29) is 10.0 Å². The first kappa shape index (κ1) is 19.0. The van der Waals surface area contributed by atoms with Crippen molar-refractivity contribution in [3.05, 3.63) is 62.9 Å². The molecule has 0 saturated heterocycles. The maximum Gasteiger partial charge on any atom is 0.416 e. The largest absolute Gasteiger partial charge is 0.478 e. The Bertz CT molecular complexity index is 865. The lowest BCUT2D eigenvalue weighted by Crippen LogP contribution is -2.14. The van der Waals surface area contributed by atoms with Crippen LogP contribution in [0.2, 0.25) is 10.0 Å². The van der Waals surface area contributed by atoms with E-state index in [2.05, 4.69) is 0 Å². The molecule has 0 atom stereocenters. The molecule has 0 spiro atoms. The number of carbonyl (C=O) groups is 2. The summed E-state index contributed by atoms with van der Waals surface area (Å²) in [6, 6.07) is 3.04. The van der Waals surface area contributed by atoms with E-state index in [0.29, 0.717) is 24.3 Å². The van der Waals surface area contributed by atoms with Gasteiger partial charge in [-0.2, -0.15) is 13.2 Å². The lowest BCUT2D eigenvalue weighted by Gasteiger charge is -2.12. The van der Waals surface area contributed by atoms with Crippen LogP contribution in [0.4, 0.5) is 17.6 Å². The third kappa shape index (κ3) is 4.21. The molecule has 2 aromatic rings. The topological polar surface area (TPSA) is 63.6 Å². The van der Waals surface area contributed by atoms with Gasteiger partial charge in [0, 0.05) is 0 Å². The van der Waals surface area contributed by atoms with Crippen LogP contribution in [0.3, 0.4) is 0 Å². The van der Waals surface area contributed by atoms with Crippen LogP contribution in [0.5, 0.6) is 5.75 Å². The third-order valence-corrected chi connectivity index (χ3v) is 3.57. The molecule has 25 heavy (non-hydrogen) atoms. The van der Waals surface area contributed by atoms with Crippen LogP contribution >= 0.6 is 23.2 Å². The van der Waals surface area contributed by atoms with E-state index >= 15 is 0 Å². The van der Waals surface area contributed by atoms with E-state index in [1.165, 1.54) is 0 Å². The van der Waals surface area contributed by atoms with Crippen LogP contribution in [0.25, 0.3) is 0 Å². The molecule has 0 amide bonds. The van der Waals surface area contributed by atoms with Crippen molar-refractivity contribution in [1.82, 2.24) is 0 Å². The molecule has 0 saturated carbocycles. The van der Waals surface area contributed by atoms with Crippen LogP contribution in [0.15, 0.2) is 30.3 Å². The van der Waals surface area contributed by atoms with Crippen molar-refractivity contribution in [2.24, 2.45) is 0 Å². The second kappa shape index (κ2) is 6.89. The molecule has 0 aromatic heterocycles. The van der Waals surface area contributed by atoms with Crippen LogP contribution in [0.1, 0.15) is 26.3 Å². The quantitative estimate of drug-likeness (QED) is 0.340. The molecule has 0 radical (unpaired) electrons. The predicted octanol–water partition coefficient (Wildman–Crippen LogP) is 5.07. The number of alkyl halides is 3. The van der Waals surface area contributed by atoms with E-state index in [0.717, 1.165) is 6.07 Å². The zero-order chi connectivity index (χ0) is 18.9. The number of carboxylic acid groups (broad SMARTS) is 1. The van der Waals surface area contributed by atoms with E-state index in [9.17, 15) is 27.2 Å². The summed E-state index contributed by atoms with van der Waals surface area (Å²) in [5.74, 6) is -4.84. The summed E-state index contributed by atoms with van der Waals surface area (Å²) in [4.78, 5) is 23.1. The number of rotatable bonds is 3. The molecule has 132 valence electrons. The summed E-state index contributed by atoms with van der Waals surface area (Å²) in [5, 5.41) is 8.30. The summed E-state index contributed by atoms with van der Waals surface area (Å²) < 4.78 is 56.4. The normalized spacial score (nSPS) is 11.3. The van der Waals surface area contributed by atoms with Crippen molar-refractivity contribution in [3.8, 4) is 5.75 Å². The molecule has 0 aliphatic rings. The van der Waals surface area contributed by atoms with Gasteiger partial charge in [-0.1, -0.05) is 23.2 Å². The fourth-order valence-corrected chi connectivity index (χ4v) is 2.25. The number of aromatic carboxylic acids is 1. The highest BCUT2D eigenvalue weighted by molar-refractivity contribution is 6.36. The Hall–Kier alpha value is -2.32. The van der Waals surface area contributed by atoms with Crippen molar-refractivity contribution in [3.63, 3.8) is 0 Å². The van der Waals surface area contributed by atoms with Gasteiger partial charge in [0.1, 0.15) is 17.1 Å². The molecule has 0 bridgehead atoms. The van der Waals surface area contributed by atoms with Gasteiger partial charge in [0.25, 0.3) is 0 Å². The molecule has 2 rings (SSSR count). The number of halogens is 6. The molecule has 4 nitrogen and oxygen atoms in total. The average Bonchev–Trinajstić information content (AvgIpc) is 2.49. The second-order valence-electron chi connectivity index (χ2n) is 4.65. The summed E-state index contributed by atoms with van der Waals surface area (Å²) in [6.07, 6.45) is -4.79. The average molecular weight is 397 g/mol.